The second-order valence-corrected chi connectivity index (χ2v) is 7.75. The van der Waals surface area contributed by atoms with Gasteiger partial charge in [0, 0.05) is 58.4 Å². The number of hydrogen-bond donors (Lipinski definition) is 1. The van der Waals surface area contributed by atoms with Crippen LogP contribution in [0.25, 0.3) is 0 Å². The second-order valence-electron chi connectivity index (χ2n) is 6.82. The molecule has 25 heavy (non-hydrogen) atoms. The van der Waals surface area contributed by atoms with Crippen molar-refractivity contribution in [3.8, 4) is 0 Å². The monoisotopic (exact) mass is 479 g/mol. The van der Waals surface area contributed by atoms with Crippen LogP contribution >= 0.6 is 35.3 Å². The summed E-state index contributed by atoms with van der Waals surface area (Å²) in [4.78, 5) is 11.8. The van der Waals surface area contributed by atoms with Crippen LogP contribution in [0.2, 0.25) is 0 Å². The Labute approximate surface area is 174 Å². The average molecular weight is 479 g/mol. The highest BCUT2D eigenvalue weighted by atomic mass is 127. The first-order valence-corrected chi connectivity index (χ1v) is 9.90. The average Bonchev–Trinajstić information content (AvgIpc) is 3.09. The van der Waals surface area contributed by atoms with Crippen molar-refractivity contribution in [1.82, 2.24) is 15.1 Å². The van der Waals surface area contributed by atoms with Crippen molar-refractivity contribution in [2.45, 2.75) is 39.8 Å². The van der Waals surface area contributed by atoms with Crippen LogP contribution < -0.4 is 10.2 Å². The first kappa shape index (κ1) is 22.5. The summed E-state index contributed by atoms with van der Waals surface area (Å²) in [6, 6.07) is 5.48. The Morgan fingerprint density at radius 2 is 1.84 bits per heavy atom. The number of aliphatic imine (C=N–C) groups is 1. The van der Waals surface area contributed by atoms with Gasteiger partial charge in [0.1, 0.15) is 0 Å². The summed E-state index contributed by atoms with van der Waals surface area (Å²) < 4.78 is 0. The molecular formula is C18H34IN5S. The number of rotatable bonds is 6. The van der Waals surface area contributed by atoms with Gasteiger partial charge in [-0.2, -0.15) is 0 Å². The molecule has 1 aromatic rings. The number of thiophene rings is 1. The molecule has 2 rings (SSSR count). The van der Waals surface area contributed by atoms with Gasteiger partial charge in [0.2, 0.25) is 0 Å². The zero-order valence-corrected chi connectivity index (χ0v) is 19.4. The summed E-state index contributed by atoms with van der Waals surface area (Å²) in [5.74, 6) is 1.04. The summed E-state index contributed by atoms with van der Waals surface area (Å²) >= 11 is 1.82. The molecule has 0 aromatic carbocycles. The van der Waals surface area contributed by atoms with E-state index in [0.29, 0.717) is 12.1 Å². The zero-order valence-electron chi connectivity index (χ0n) is 16.2. The Morgan fingerprint density at radius 1 is 1.20 bits per heavy atom. The quantitative estimate of drug-likeness (QED) is 0.386. The number of guanidine groups is 1. The van der Waals surface area contributed by atoms with E-state index in [1.165, 1.54) is 5.00 Å². The normalized spacial score (nSPS) is 15.9. The molecule has 144 valence electrons. The molecule has 1 aliphatic rings. The Balaban J connectivity index is 0.00000312. The Morgan fingerprint density at radius 3 is 2.32 bits per heavy atom. The molecular weight excluding hydrogens is 445 g/mol. The van der Waals surface area contributed by atoms with E-state index >= 15 is 0 Å². The molecule has 0 amide bonds. The largest absolute Gasteiger partial charge is 0.360 e. The van der Waals surface area contributed by atoms with Crippen molar-refractivity contribution >= 4 is 46.3 Å². The van der Waals surface area contributed by atoms with E-state index in [9.17, 15) is 0 Å². The highest BCUT2D eigenvalue weighted by Gasteiger charge is 2.20. The van der Waals surface area contributed by atoms with Crippen molar-refractivity contribution in [3.63, 3.8) is 0 Å². The maximum atomic E-state index is 4.48. The molecule has 1 aromatic heterocycles. The summed E-state index contributed by atoms with van der Waals surface area (Å²) in [6.07, 6.45) is 0. The van der Waals surface area contributed by atoms with Gasteiger partial charge in [0.05, 0.1) is 5.00 Å². The zero-order chi connectivity index (χ0) is 17.5. The molecule has 0 bridgehead atoms. The number of piperazine rings is 1. The molecule has 2 heterocycles. The number of nitrogens with zero attached hydrogens (tertiary/aromatic N) is 4. The van der Waals surface area contributed by atoms with Crippen LogP contribution in [0.3, 0.4) is 0 Å². The molecule has 0 radical (unpaired) electrons. The Kier molecular flexibility index (Phi) is 10.1. The third kappa shape index (κ3) is 6.60. The topological polar surface area (TPSA) is 34.1 Å². The molecule has 1 N–H and O–H groups in total. The number of nitrogens with one attached hydrogen (secondary N) is 1. The van der Waals surface area contributed by atoms with Crippen LogP contribution in [0.1, 0.15) is 27.7 Å². The predicted octanol–water partition coefficient (Wildman–Crippen LogP) is 3.18. The third-order valence-electron chi connectivity index (χ3n) is 4.59. The smallest absolute Gasteiger partial charge is 0.193 e. The fourth-order valence-electron chi connectivity index (χ4n) is 3.33. The van der Waals surface area contributed by atoms with Gasteiger partial charge < -0.3 is 15.1 Å². The lowest BCUT2D eigenvalue weighted by Gasteiger charge is -2.37. The van der Waals surface area contributed by atoms with Crippen molar-refractivity contribution in [1.29, 1.82) is 0 Å². The second kappa shape index (κ2) is 11.2. The number of halogens is 1. The molecule has 0 atom stereocenters. The van der Waals surface area contributed by atoms with Crippen molar-refractivity contribution in [2.75, 3.05) is 51.2 Å². The van der Waals surface area contributed by atoms with Gasteiger partial charge in [-0.05, 0) is 45.2 Å². The van der Waals surface area contributed by atoms with Crippen LogP contribution in [0, 0.1) is 0 Å². The lowest BCUT2D eigenvalue weighted by molar-refractivity contribution is 0.178. The van der Waals surface area contributed by atoms with Gasteiger partial charge >= 0.3 is 0 Å². The molecule has 0 aliphatic carbocycles. The minimum atomic E-state index is 0. The Bertz CT molecular complexity index is 488. The highest BCUT2D eigenvalue weighted by molar-refractivity contribution is 14.0. The molecule has 1 saturated heterocycles. The van der Waals surface area contributed by atoms with E-state index in [1.807, 2.05) is 18.4 Å². The van der Waals surface area contributed by atoms with E-state index < -0.39 is 0 Å². The first-order chi connectivity index (χ1) is 11.5. The van der Waals surface area contributed by atoms with Crippen LogP contribution in [0.15, 0.2) is 22.5 Å². The maximum Gasteiger partial charge on any atom is 0.193 e. The highest BCUT2D eigenvalue weighted by Crippen LogP contribution is 2.22. The summed E-state index contributed by atoms with van der Waals surface area (Å²) in [7, 11) is 1.89. The molecule has 0 spiro atoms. The Hall–Kier alpha value is -0.540. The fraction of sp³-hybridized carbons (Fsp3) is 0.722. The summed E-state index contributed by atoms with van der Waals surface area (Å²) in [5, 5.41) is 7.07. The standard InChI is InChI=1S/C18H33N5S.HI/c1-15(2)23(16(3)4)9-8-20-18(19-5)22-12-10-21(11-13-22)17-7-6-14-24-17;/h6-7,14-16H,8-13H2,1-5H3,(H,19,20);1H. The molecule has 1 aliphatic heterocycles. The molecule has 7 heteroatoms. The molecule has 0 saturated carbocycles. The van der Waals surface area contributed by atoms with Crippen molar-refractivity contribution < 1.29 is 0 Å². The van der Waals surface area contributed by atoms with E-state index in [4.69, 9.17) is 0 Å². The number of anilines is 1. The minimum absolute atomic E-state index is 0. The van der Waals surface area contributed by atoms with Crippen LogP contribution in [0.4, 0.5) is 5.00 Å². The SMILES string of the molecule is CN=C(NCCN(C(C)C)C(C)C)N1CCN(c2cccs2)CC1.I. The van der Waals surface area contributed by atoms with Gasteiger partial charge in [0.25, 0.3) is 0 Å². The van der Waals surface area contributed by atoms with E-state index in [1.54, 1.807) is 0 Å². The lowest BCUT2D eigenvalue weighted by atomic mass is 10.2. The molecule has 5 nitrogen and oxygen atoms in total. The summed E-state index contributed by atoms with van der Waals surface area (Å²) in [5.41, 5.74) is 0. The van der Waals surface area contributed by atoms with Crippen molar-refractivity contribution in [3.05, 3.63) is 17.5 Å². The first-order valence-electron chi connectivity index (χ1n) is 9.02. The molecule has 1 fully saturated rings. The maximum absolute atomic E-state index is 4.48. The van der Waals surface area contributed by atoms with Gasteiger partial charge in [0.15, 0.2) is 5.96 Å². The van der Waals surface area contributed by atoms with Crippen LogP contribution in [0.5, 0.6) is 0 Å². The van der Waals surface area contributed by atoms with Gasteiger partial charge in [-0.3, -0.25) is 9.89 Å². The summed E-state index contributed by atoms with van der Waals surface area (Å²) in [6.45, 7) is 15.2. The minimum Gasteiger partial charge on any atom is -0.360 e. The lowest BCUT2D eigenvalue weighted by Crippen LogP contribution is -2.53. The van der Waals surface area contributed by atoms with Crippen LogP contribution in [-0.2, 0) is 0 Å². The van der Waals surface area contributed by atoms with Crippen molar-refractivity contribution in [2.24, 2.45) is 4.99 Å². The van der Waals surface area contributed by atoms with Crippen LogP contribution in [-0.4, -0.2) is 74.2 Å². The van der Waals surface area contributed by atoms with Gasteiger partial charge in [-0.15, -0.1) is 35.3 Å². The fourth-order valence-corrected chi connectivity index (χ4v) is 4.12. The predicted molar refractivity (Wildman–Crippen MR) is 122 cm³/mol. The van der Waals surface area contributed by atoms with E-state index in [-0.39, 0.29) is 24.0 Å². The van der Waals surface area contributed by atoms with E-state index in [0.717, 1.165) is 45.2 Å². The van der Waals surface area contributed by atoms with Gasteiger partial charge in [-0.1, -0.05) is 0 Å². The van der Waals surface area contributed by atoms with Gasteiger partial charge in [-0.25, -0.2) is 0 Å². The third-order valence-corrected chi connectivity index (χ3v) is 5.52. The molecule has 0 unspecified atom stereocenters. The number of hydrogen-bond acceptors (Lipinski definition) is 4. The van der Waals surface area contributed by atoms with E-state index in [2.05, 4.69) is 70.2 Å².